The zero-order chi connectivity index (χ0) is 26.1. The fourth-order valence-electron chi connectivity index (χ4n) is 3.79. The summed E-state index contributed by atoms with van der Waals surface area (Å²) in [5, 5.41) is 2.81. The molecule has 4 rings (SSSR count). The van der Waals surface area contributed by atoms with E-state index in [2.05, 4.69) is 25.2 Å². The molecule has 10 heteroatoms. The van der Waals surface area contributed by atoms with E-state index in [4.69, 9.17) is 9.15 Å². The molecule has 1 N–H and O–H groups in total. The Hall–Kier alpha value is -3.95. The minimum absolute atomic E-state index is 0.0130. The van der Waals surface area contributed by atoms with Gasteiger partial charge in [0.15, 0.2) is 11.7 Å². The van der Waals surface area contributed by atoms with Crippen LogP contribution in [-0.4, -0.2) is 65.0 Å². The number of carbonyl (C=O) groups excluding carboxylic acids is 2. The number of anilines is 1. The molecule has 0 aliphatic carbocycles. The lowest BCUT2D eigenvalue weighted by Crippen LogP contribution is -2.41. The second-order valence-corrected chi connectivity index (χ2v) is 8.11. The normalized spacial score (nSPS) is 13.5. The van der Waals surface area contributed by atoms with Gasteiger partial charge in [-0.25, -0.2) is 4.98 Å². The number of amides is 2. The number of hydrogen-bond acceptors (Lipinski definition) is 8. The molecule has 192 valence electrons. The Morgan fingerprint density at radius 2 is 1.89 bits per heavy atom. The van der Waals surface area contributed by atoms with Gasteiger partial charge in [-0.2, -0.15) is 0 Å². The van der Waals surface area contributed by atoms with E-state index in [-0.39, 0.29) is 24.9 Å². The first kappa shape index (κ1) is 26.7. The number of rotatable bonds is 7. The number of aryl methyl sites for hydroxylation is 2. The third-order valence-electron chi connectivity index (χ3n) is 5.66. The van der Waals surface area contributed by atoms with Crippen molar-refractivity contribution in [2.75, 3.05) is 38.2 Å². The molecule has 2 aromatic heterocycles. The lowest BCUT2D eigenvalue weighted by atomic mass is 10.1. The van der Waals surface area contributed by atoms with Crippen LogP contribution in [0, 0.1) is 13.8 Å². The van der Waals surface area contributed by atoms with E-state index in [0.29, 0.717) is 49.1 Å². The van der Waals surface area contributed by atoms with E-state index in [9.17, 15) is 9.59 Å². The highest BCUT2D eigenvalue weighted by Gasteiger charge is 2.24. The topological polar surface area (TPSA) is 114 Å². The third-order valence-corrected chi connectivity index (χ3v) is 5.66. The van der Waals surface area contributed by atoms with E-state index in [1.54, 1.807) is 37.5 Å². The molecule has 1 aliphatic rings. The molecule has 0 unspecified atom stereocenters. The van der Waals surface area contributed by atoms with E-state index in [1.165, 1.54) is 0 Å². The van der Waals surface area contributed by atoms with E-state index in [0.717, 1.165) is 16.9 Å². The van der Waals surface area contributed by atoms with Crippen molar-refractivity contribution < 1.29 is 18.7 Å². The zero-order valence-corrected chi connectivity index (χ0v) is 21.6. The summed E-state index contributed by atoms with van der Waals surface area (Å²) in [4.78, 5) is 41.3. The number of aromatic nitrogens is 3. The number of oxazole rings is 1. The molecule has 1 saturated heterocycles. The average molecular weight is 495 g/mol. The largest absolute Gasteiger partial charge is 0.496 e. The Kier molecular flexibility index (Phi) is 9.38. The van der Waals surface area contributed by atoms with Crippen molar-refractivity contribution in [2.24, 2.45) is 0 Å². The first-order valence-electron chi connectivity index (χ1n) is 12.1. The molecule has 0 saturated carbocycles. The van der Waals surface area contributed by atoms with Crippen LogP contribution in [0.3, 0.4) is 0 Å². The van der Waals surface area contributed by atoms with Crippen LogP contribution in [0.4, 0.5) is 5.69 Å². The van der Waals surface area contributed by atoms with E-state index in [1.807, 2.05) is 39.0 Å². The molecule has 1 fully saturated rings. The van der Waals surface area contributed by atoms with Crippen LogP contribution in [0.2, 0.25) is 0 Å². The lowest BCUT2D eigenvalue weighted by molar-refractivity contribution is -0.135. The maximum absolute atomic E-state index is 12.7. The minimum Gasteiger partial charge on any atom is -0.496 e. The summed E-state index contributed by atoms with van der Waals surface area (Å²) < 4.78 is 11.2. The van der Waals surface area contributed by atoms with Crippen LogP contribution in [-0.2, 0) is 16.1 Å². The molecule has 0 spiro atoms. The highest BCUT2D eigenvalue weighted by atomic mass is 16.5. The smallest absolute Gasteiger partial charge is 0.239 e. The van der Waals surface area contributed by atoms with E-state index >= 15 is 0 Å². The predicted octanol–water partition coefficient (Wildman–Crippen LogP) is 3.14. The summed E-state index contributed by atoms with van der Waals surface area (Å²) in [5.74, 6) is 1.62. The van der Waals surface area contributed by atoms with Crippen LogP contribution in [0.15, 0.2) is 41.2 Å². The molecule has 36 heavy (non-hydrogen) atoms. The quantitative estimate of drug-likeness (QED) is 0.533. The van der Waals surface area contributed by atoms with Gasteiger partial charge in [0, 0.05) is 50.9 Å². The van der Waals surface area contributed by atoms with Gasteiger partial charge in [-0.15, -0.1) is 0 Å². The van der Waals surface area contributed by atoms with Gasteiger partial charge < -0.3 is 24.3 Å². The summed E-state index contributed by atoms with van der Waals surface area (Å²) in [5.41, 5.74) is 3.24. The molecule has 1 aromatic carbocycles. The Labute approximate surface area is 211 Å². The molecule has 0 bridgehead atoms. The van der Waals surface area contributed by atoms with Crippen molar-refractivity contribution >= 4 is 17.5 Å². The SMILES string of the molecule is CC.COc1cc(N2CCC(=O)N(CC(=O)NCc3cnc(C)cn3)CC2)ccc1-c1cnc(C)o1. The molecule has 2 amide bonds. The number of methoxy groups -OCH3 is 1. The fourth-order valence-corrected chi connectivity index (χ4v) is 3.79. The Morgan fingerprint density at radius 1 is 1.08 bits per heavy atom. The summed E-state index contributed by atoms with van der Waals surface area (Å²) >= 11 is 0. The Bertz CT molecular complexity index is 1160. The molecular weight excluding hydrogens is 460 g/mol. The third kappa shape index (κ3) is 6.80. The van der Waals surface area contributed by atoms with Gasteiger partial charge in [0.1, 0.15) is 5.75 Å². The maximum atomic E-state index is 12.7. The van der Waals surface area contributed by atoms with Crippen LogP contribution >= 0.6 is 0 Å². The Balaban J connectivity index is 0.00000176. The Morgan fingerprint density at radius 3 is 2.56 bits per heavy atom. The first-order valence-corrected chi connectivity index (χ1v) is 12.1. The highest BCUT2D eigenvalue weighted by molar-refractivity contribution is 5.85. The second kappa shape index (κ2) is 12.7. The van der Waals surface area contributed by atoms with Crippen molar-refractivity contribution in [1.29, 1.82) is 0 Å². The summed E-state index contributed by atoms with van der Waals surface area (Å²) in [7, 11) is 1.61. The molecule has 0 radical (unpaired) electrons. The fraction of sp³-hybridized carbons (Fsp3) is 0.423. The number of benzene rings is 1. The molecule has 10 nitrogen and oxygen atoms in total. The van der Waals surface area contributed by atoms with Crippen LogP contribution in [0.5, 0.6) is 5.75 Å². The summed E-state index contributed by atoms with van der Waals surface area (Å²) in [6.07, 6.45) is 5.28. The molecule has 1 aliphatic heterocycles. The molecule has 3 heterocycles. The van der Waals surface area contributed by atoms with Gasteiger partial charge in [0.2, 0.25) is 11.8 Å². The van der Waals surface area contributed by atoms with Crippen molar-refractivity contribution in [3.05, 3.63) is 54.1 Å². The van der Waals surface area contributed by atoms with Gasteiger partial charge in [0.05, 0.1) is 49.5 Å². The van der Waals surface area contributed by atoms with Gasteiger partial charge in [-0.1, -0.05) is 13.8 Å². The van der Waals surface area contributed by atoms with Crippen molar-refractivity contribution in [1.82, 2.24) is 25.2 Å². The van der Waals surface area contributed by atoms with Gasteiger partial charge in [-0.05, 0) is 19.1 Å². The zero-order valence-electron chi connectivity index (χ0n) is 21.6. The summed E-state index contributed by atoms with van der Waals surface area (Å²) in [6, 6.07) is 5.84. The molecule has 0 atom stereocenters. The van der Waals surface area contributed by atoms with Crippen molar-refractivity contribution in [3.8, 4) is 17.1 Å². The maximum Gasteiger partial charge on any atom is 0.239 e. The highest BCUT2D eigenvalue weighted by Crippen LogP contribution is 2.34. The molecular formula is C26H34N6O4. The van der Waals surface area contributed by atoms with Crippen molar-refractivity contribution in [3.63, 3.8) is 0 Å². The average Bonchev–Trinajstić information content (AvgIpc) is 3.25. The number of nitrogens with zero attached hydrogens (tertiary/aromatic N) is 5. The van der Waals surface area contributed by atoms with Crippen LogP contribution in [0.25, 0.3) is 11.3 Å². The first-order chi connectivity index (χ1) is 17.4. The number of nitrogens with one attached hydrogen (secondary N) is 1. The van der Waals surface area contributed by atoms with Crippen molar-refractivity contribution in [2.45, 2.75) is 40.7 Å². The molecule has 3 aromatic rings. The minimum atomic E-state index is -0.224. The van der Waals surface area contributed by atoms with E-state index < -0.39 is 0 Å². The van der Waals surface area contributed by atoms with Crippen LogP contribution < -0.4 is 15.0 Å². The standard InChI is InChI=1S/C24H28N6O4.C2H6/c1-16-11-27-18(12-25-16)13-28-23(31)15-30-9-8-29(7-6-24(30)32)19-4-5-20(21(10-19)33-3)22-14-26-17(2)34-22;1-2/h4-5,10-12,14H,6-9,13,15H2,1-3H3,(H,28,31);1-2H3. The monoisotopic (exact) mass is 494 g/mol. The number of hydrogen-bond donors (Lipinski definition) is 1. The number of carbonyl (C=O) groups is 2. The summed E-state index contributed by atoms with van der Waals surface area (Å²) in [6.45, 7) is 9.54. The van der Waals surface area contributed by atoms with Crippen LogP contribution in [0.1, 0.15) is 37.5 Å². The van der Waals surface area contributed by atoms with Gasteiger partial charge in [0.25, 0.3) is 0 Å². The second-order valence-electron chi connectivity index (χ2n) is 8.11. The van der Waals surface area contributed by atoms with Gasteiger partial charge >= 0.3 is 0 Å². The van der Waals surface area contributed by atoms with Gasteiger partial charge in [-0.3, -0.25) is 19.6 Å². The predicted molar refractivity (Wildman–Crippen MR) is 137 cm³/mol. The number of ether oxygens (including phenoxy) is 1. The lowest BCUT2D eigenvalue weighted by Gasteiger charge is -2.24.